The van der Waals surface area contributed by atoms with E-state index >= 15 is 0 Å². The molecule has 2 N–H and O–H groups in total. The molecule has 0 unspecified atom stereocenters. The van der Waals surface area contributed by atoms with Gasteiger partial charge in [-0.1, -0.05) is 54.1 Å². The number of hydrogen-bond donors (Lipinski definition) is 2. The lowest BCUT2D eigenvalue weighted by Crippen LogP contribution is -2.58. The van der Waals surface area contributed by atoms with Crippen molar-refractivity contribution in [3.8, 4) is 0 Å². The maximum atomic E-state index is 14.5. The molecule has 3 aromatic carbocycles. The van der Waals surface area contributed by atoms with Gasteiger partial charge in [-0.05, 0) is 67.9 Å². The van der Waals surface area contributed by atoms with E-state index in [0.717, 1.165) is 59.5 Å². The number of H-pyrrole nitrogens is 1. The smallest absolute Gasteiger partial charge is 0.318 e. The standard InChI is InChI=1S/C34H39ClN6O2/c1-38(2)22-24-18-25-12-13-27(35)20-32(25)41(23-24)33(42)31(19-26-21-36-30-11-7-6-10-29(26)30)37-34(43)40-16-14-39(15-17-40)28-8-4-3-5-9-28/h3-13,20-21,24,31,36H,14-19,22-23H2,1-2H3,(H,37,43)/t24-,31-/m1/s1. The molecular weight excluding hydrogens is 560 g/mol. The molecule has 4 aromatic rings. The summed E-state index contributed by atoms with van der Waals surface area (Å²) in [6.07, 6.45) is 3.20. The number of nitrogens with zero attached hydrogens (tertiary/aromatic N) is 4. The first-order valence-corrected chi connectivity index (χ1v) is 15.4. The van der Waals surface area contributed by atoms with Gasteiger partial charge in [-0.3, -0.25) is 4.79 Å². The SMILES string of the molecule is CN(C)C[C@H]1Cc2ccc(Cl)cc2N(C(=O)[C@@H](Cc2c[nH]c3ccccc23)NC(=O)N2CCN(c3ccccc3)CC2)C1. The van der Waals surface area contributed by atoms with Crippen LogP contribution in [0.3, 0.4) is 0 Å². The molecule has 0 aliphatic carbocycles. The highest BCUT2D eigenvalue weighted by Crippen LogP contribution is 2.33. The molecule has 3 amide bonds. The molecule has 6 rings (SSSR count). The molecule has 8 nitrogen and oxygen atoms in total. The van der Waals surface area contributed by atoms with Gasteiger partial charge in [0.2, 0.25) is 5.91 Å². The minimum Gasteiger partial charge on any atom is -0.368 e. The number of para-hydroxylation sites is 2. The predicted octanol–water partition coefficient (Wildman–Crippen LogP) is 5.03. The van der Waals surface area contributed by atoms with Crippen molar-refractivity contribution in [2.45, 2.75) is 18.9 Å². The summed E-state index contributed by atoms with van der Waals surface area (Å²) in [5.74, 6) is 0.150. The highest BCUT2D eigenvalue weighted by Gasteiger charge is 2.35. The Hall–Kier alpha value is -4.01. The number of fused-ring (bicyclic) bond motifs is 2. The second-order valence-corrected chi connectivity index (χ2v) is 12.4. The molecule has 2 aliphatic rings. The van der Waals surface area contributed by atoms with Crippen LogP contribution in [-0.2, 0) is 17.6 Å². The number of aromatic nitrogens is 1. The highest BCUT2D eigenvalue weighted by molar-refractivity contribution is 6.31. The summed E-state index contributed by atoms with van der Waals surface area (Å²) in [4.78, 5) is 39.7. The average Bonchev–Trinajstić information content (AvgIpc) is 3.43. The topological polar surface area (TPSA) is 74.9 Å². The maximum absolute atomic E-state index is 14.5. The van der Waals surface area contributed by atoms with Gasteiger partial charge in [0, 0.05) is 79.2 Å². The summed E-state index contributed by atoms with van der Waals surface area (Å²) >= 11 is 6.44. The van der Waals surface area contributed by atoms with Crippen LogP contribution >= 0.6 is 11.6 Å². The van der Waals surface area contributed by atoms with Crippen LogP contribution in [0.15, 0.2) is 79.0 Å². The van der Waals surface area contributed by atoms with E-state index in [0.29, 0.717) is 31.1 Å². The van der Waals surface area contributed by atoms with E-state index in [1.165, 1.54) is 0 Å². The van der Waals surface area contributed by atoms with Crippen molar-refractivity contribution in [1.29, 1.82) is 0 Å². The molecule has 1 fully saturated rings. The third kappa shape index (κ3) is 6.50. The lowest BCUT2D eigenvalue weighted by atomic mass is 9.91. The fourth-order valence-corrected chi connectivity index (χ4v) is 6.66. The quantitative estimate of drug-likeness (QED) is 0.313. The molecule has 224 valence electrons. The maximum Gasteiger partial charge on any atom is 0.318 e. The van der Waals surface area contributed by atoms with Crippen molar-refractivity contribution in [3.63, 3.8) is 0 Å². The lowest BCUT2D eigenvalue weighted by molar-refractivity contribution is -0.120. The van der Waals surface area contributed by atoms with E-state index in [9.17, 15) is 9.59 Å². The van der Waals surface area contributed by atoms with E-state index < -0.39 is 6.04 Å². The molecule has 0 radical (unpaired) electrons. The van der Waals surface area contributed by atoms with Crippen LogP contribution in [-0.4, -0.2) is 86.1 Å². The number of amides is 3. The minimum absolute atomic E-state index is 0.117. The van der Waals surface area contributed by atoms with Gasteiger partial charge < -0.3 is 29.9 Å². The molecule has 1 aromatic heterocycles. The zero-order chi connectivity index (χ0) is 29.9. The van der Waals surface area contributed by atoms with Crippen molar-refractivity contribution in [2.75, 3.05) is 63.2 Å². The zero-order valence-corrected chi connectivity index (χ0v) is 25.6. The largest absolute Gasteiger partial charge is 0.368 e. The number of nitrogens with one attached hydrogen (secondary N) is 2. The molecule has 3 heterocycles. The minimum atomic E-state index is -0.746. The Balaban J connectivity index is 1.26. The fraction of sp³-hybridized carbons (Fsp3) is 0.353. The fourth-order valence-electron chi connectivity index (χ4n) is 6.50. The Kier molecular flexibility index (Phi) is 8.58. The van der Waals surface area contributed by atoms with Crippen LogP contribution in [0.2, 0.25) is 5.02 Å². The second-order valence-electron chi connectivity index (χ2n) is 11.9. The number of hydrogen-bond acceptors (Lipinski definition) is 4. The van der Waals surface area contributed by atoms with Crippen molar-refractivity contribution in [1.82, 2.24) is 20.1 Å². The van der Waals surface area contributed by atoms with Crippen molar-refractivity contribution in [2.24, 2.45) is 5.92 Å². The highest BCUT2D eigenvalue weighted by atomic mass is 35.5. The van der Waals surface area contributed by atoms with Gasteiger partial charge in [0.05, 0.1) is 0 Å². The number of piperazine rings is 1. The van der Waals surface area contributed by atoms with Crippen LogP contribution in [0.25, 0.3) is 10.9 Å². The lowest BCUT2D eigenvalue weighted by Gasteiger charge is -2.39. The number of rotatable bonds is 7. The van der Waals surface area contributed by atoms with Crippen LogP contribution in [0, 0.1) is 5.92 Å². The number of carbonyl (C=O) groups is 2. The van der Waals surface area contributed by atoms with Crippen LogP contribution in [0.5, 0.6) is 0 Å². The van der Waals surface area contributed by atoms with Gasteiger partial charge in [-0.15, -0.1) is 0 Å². The third-order valence-electron chi connectivity index (χ3n) is 8.56. The molecule has 43 heavy (non-hydrogen) atoms. The van der Waals surface area contributed by atoms with Gasteiger partial charge in [-0.2, -0.15) is 0 Å². The Morgan fingerprint density at radius 1 is 1.00 bits per heavy atom. The monoisotopic (exact) mass is 598 g/mol. The number of anilines is 2. The second kappa shape index (κ2) is 12.7. The summed E-state index contributed by atoms with van der Waals surface area (Å²) in [7, 11) is 4.11. The molecule has 1 saturated heterocycles. The Morgan fingerprint density at radius 3 is 2.51 bits per heavy atom. The number of urea groups is 1. The van der Waals surface area contributed by atoms with E-state index in [-0.39, 0.29) is 17.9 Å². The van der Waals surface area contributed by atoms with Crippen molar-refractivity contribution < 1.29 is 9.59 Å². The first kappa shape index (κ1) is 29.1. The number of aromatic amines is 1. The summed E-state index contributed by atoms with van der Waals surface area (Å²) in [5.41, 5.74) is 5.10. The number of benzene rings is 3. The molecule has 0 spiro atoms. The number of halogens is 1. The first-order chi connectivity index (χ1) is 20.9. The third-order valence-corrected chi connectivity index (χ3v) is 8.79. The van der Waals surface area contributed by atoms with Gasteiger partial charge >= 0.3 is 6.03 Å². The molecule has 0 saturated carbocycles. The molecule has 2 aliphatic heterocycles. The van der Waals surface area contributed by atoms with Gasteiger partial charge in [0.25, 0.3) is 0 Å². The van der Waals surface area contributed by atoms with Gasteiger partial charge in [0.1, 0.15) is 6.04 Å². The summed E-state index contributed by atoms with van der Waals surface area (Å²) in [6, 6.07) is 23.2. The molecule has 9 heteroatoms. The molecular formula is C34H39ClN6O2. The number of carbonyl (C=O) groups excluding carboxylic acids is 2. The van der Waals surface area contributed by atoms with Gasteiger partial charge in [-0.25, -0.2) is 4.79 Å². The summed E-state index contributed by atoms with van der Waals surface area (Å²) in [5, 5.41) is 4.81. The van der Waals surface area contributed by atoms with E-state index in [4.69, 9.17) is 11.6 Å². The molecule has 2 atom stereocenters. The van der Waals surface area contributed by atoms with Gasteiger partial charge in [0.15, 0.2) is 0 Å². The van der Waals surface area contributed by atoms with E-state index in [2.05, 4.69) is 52.4 Å². The average molecular weight is 599 g/mol. The zero-order valence-electron chi connectivity index (χ0n) is 24.8. The Bertz CT molecular complexity index is 1580. The predicted molar refractivity (Wildman–Crippen MR) is 174 cm³/mol. The summed E-state index contributed by atoms with van der Waals surface area (Å²) < 4.78 is 0. The van der Waals surface area contributed by atoms with E-state index in [1.807, 2.05) is 70.6 Å². The Labute approximate surface area is 258 Å². The first-order valence-electron chi connectivity index (χ1n) is 15.0. The van der Waals surface area contributed by atoms with Crippen LogP contribution in [0.1, 0.15) is 11.1 Å². The normalized spacial score (nSPS) is 17.7. The summed E-state index contributed by atoms with van der Waals surface area (Å²) in [6.45, 7) is 4.08. The Morgan fingerprint density at radius 2 is 1.74 bits per heavy atom. The van der Waals surface area contributed by atoms with Crippen molar-refractivity contribution in [3.05, 3.63) is 95.1 Å². The molecule has 0 bridgehead atoms. The van der Waals surface area contributed by atoms with E-state index in [1.54, 1.807) is 0 Å². The van der Waals surface area contributed by atoms with Crippen LogP contribution < -0.4 is 15.1 Å². The van der Waals surface area contributed by atoms with Crippen molar-refractivity contribution >= 4 is 45.8 Å². The van der Waals surface area contributed by atoms with Crippen LogP contribution in [0.4, 0.5) is 16.2 Å².